The van der Waals surface area contributed by atoms with Gasteiger partial charge >= 0.3 is 5.97 Å². The molecule has 0 amide bonds. The number of fused-ring (bicyclic) bond motifs is 1. The molecule has 0 bridgehead atoms. The molecule has 2 aliphatic rings. The maximum absolute atomic E-state index is 11.2. The van der Waals surface area contributed by atoms with Crippen LogP contribution in [0.5, 0.6) is 0 Å². The fourth-order valence-corrected chi connectivity index (χ4v) is 2.99. The summed E-state index contributed by atoms with van der Waals surface area (Å²) < 4.78 is 4.68. The second-order valence-corrected chi connectivity index (χ2v) is 5.05. The molecule has 0 spiro atoms. The normalized spacial score (nSPS) is 30.5. The molecule has 90 valence electrons. The smallest absolute Gasteiger partial charge is 0.333 e. The number of rotatable bonds is 3. The fraction of sp³-hybridized carbons (Fsp3) is 0.769. The summed E-state index contributed by atoms with van der Waals surface area (Å²) in [6.45, 7) is 5.15. The van der Waals surface area contributed by atoms with Crippen molar-refractivity contribution in [1.82, 2.24) is 4.90 Å². The van der Waals surface area contributed by atoms with Crippen molar-refractivity contribution in [1.29, 1.82) is 0 Å². The minimum Gasteiger partial charge on any atom is -0.466 e. The zero-order valence-corrected chi connectivity index (χ0v) is 10.2. The molecule has 0 N–H and O–H groups in total. The lowest BCUT2D eigenvalue weighted by molar-refractivity contribution is -0.136. The summed E-state index contributed by atoms with van der Waals surface area (Å²) in [4.78, 5) is 13.7. The van der Waals surface area contributed by atoms with Gasteiger partial charge in [0.1, 0.15) is 0 Å². The molecule has 1 heterocycles. The van der Waals surface area contributed by atoms with Gasteiger partial charge < -0.3 is 4.74 Å². The molecule has 0 radical (unpaired) electrons. The zero-order valence-electron chi connectivity index (χ0n) is 10.2. The van der Waals surface area contributed by atoms with Gasteiger partial charge in [-0.2, -0.15) is 0 Å². The Labute approximate surface area is 97.5 Å². The summed E-state index contributed by atoms with van der Waals surface area (Å²) in [6.07, 6.45) is 6.22. The second-order valence-electron chi connectivity index (χ2n) is 5.05. The van der Waals surface area contributed by atoms with Crippen LogP contribution >= 0.6 is 0 Å². The Bertz CT molecular complexity index is 286. The predicted molar refractivity (Wildman–Crippen MR) is 63.0 cm³/mol. The third-order valence-electron chi connectivity index (χ3n) is 3.96. The van der Waals surface area contributed by atoms with Crippen LogP contribution in [0.25, 0.3) is 0 Å². The second kappa shape index (κ2) is 5.00. The van der Waals surface area contributed by atoms with E-state index in [1.165, 1.54) is 39.5 Å². The van der Waals surface area contributed by atoms with Gasteiger partial charge in [-0.1, -0.05) is 12.5 Å². The van der Waals surface area contributed by atoms with Crippen LogP contribution in [-0.2, 0) is 9.53 Å². The van der Waals surface area contributed by atoms with Crippen LogP contribution in [-0.4, -0.2) is 37.6 Å². The monoisotopic (exact) mass is 223 g/mol. The van der Waals surface area contributed by atoms with E-state index in [9.17, 15) is 4.79 Å². The summed E-state index contributed by atoms with van der Waals surface area (Å²) in [5.41, 5.74) is 0.722. The van der Waals surface area contributed by atoms with E-state index in [0.717, 1.165) is 24.0 Å². The average Bonchev–Trinajstić information content (AvgIpc) is 2.84. The average molecular weight is 223 g/mol. The predicted octanol–water partition coefficient (Wildman–Crippen LogP) is 1.84. The number of carbonyl (C=O) groups excluding carboxylic acids is 1. The van der Waals surface area contributed by atoms with Gasteiger partial charge in [0, 0.05) is 25.2 Å². The standard InChI is InChI=1S/C13H21NO2/c1-10(13(15)16-2)6-7-14-8-11-4-3-5-12(11)9-14/h6,11-12H,3-5,7-9H2,1-2H3. The summed E-state index contributed by atoms with van der Waals surface area (Å²) in [5, 5.41) is 0. The number of ether oxygens (including phenoxy) is 1. The van der Waals surface area contributed by atoms with Crippen molar-refractivity contribution < 1.29 is 9.53 Å². The molecule has 3 nitrogen and oxygen atoms in total. The first-order valence-electron chi connectivity index (χ1n) is 6.18. The Balaban J connectivity index is 1.81. The third kappa shape index (κ3) is 2.46. The minimum atomic E-state index is -0.209. The molecule has 2 rings (SSSR count). The number of esters is 1. The lowest BCUT2D eigenvalue weighted by Crippen LogP contribution is -2.22. The fourth-order valence-electron chi connectivity index (χ4n) is 2.99. The van der Waals surface area contributed by atoms with Crippen molar-refractivity contribution in [2.45, 2.75) is 26.2 Å². The van der Waals surface area contributed by atoms with Crippen molar-refractivity contribution in [3.63, 3.8) is 0 Å². The highest BCUT2D eigenvalue weighted by Gasteiger charge is 2.35. The van der Waals surface area contributed by atoms with Gasteiger partial charge in [-0.05, 0) is 31.6 Å². The first-order chi connectivity index (χ1) is 7.70. The maximum atomic E-state index is 11.2. The van der Waals surface area contributed by atoms with Crippen molar-refractivity contribution in [3.05, 3.63) is 11.6 Å². The van der Waals surface area contributed by atoms with Crippen molar-refractivity contribution in [2.24, 2.45) is 11.8 Å². The lowest BCUT2D eigenvalue weighted by atomic mass is 10.0. The summed E-state index contributed by atoms with van der Waals surface area (Å²) in [6, 6.07) is 0. The highest BCUT2D eigenvalue weighted by Crippen LogP contribution is 2.37. The number of carbonyl (C=O) groups is 1. The number of hydrogen-bond donors (Lipinski definition) is 0. The Morgan fingerprint density at radius 2 is 2.00 bits per heavy atom. The van der Waals surface area contributed by atoms with Gasteiger partial charge in [-0.3, -0.25) is 4.90 Å². The molecule has 1 saturated carbocycles. The summed E-state index contributed by atoms with van der Waals surface area (Å²) in [5.74, 6) is 1.64. The number of hydrogen-bond acceptors (Lipinski definition) is 3. The number of methoxy groups -OCH3 is 1. The molecule has 0 aromatic rings. The van der Waals surface area contributed by atoms with Crippen LogP contribution in [0.2, 0.25) is 0 Å². The van der Waals surface area contributed by atoms with E-state index in [1.54, 1.807) is 0 Å². The lowest BCUT2D eigenvalue weighted by Gasteiger charge is -2.14. The molecule has 0 aromatic heterocycles. The Morgan fingerprint density at radius 1 is 1.38 bits per heavy atom. The van der Waals surface area contributed by atoms with Crippen LogP contribution in [0, 0.1) is 11.8 Å². The van der Waals surface area contributed by atoms with Crippen LogP contribution in [0.4, 0.5) is 0 Å². The molecule has 1 aliphatic heterocycles. The number of nitrogens with zero attached hydrogens (tertiary/aromatic N) is 1. The zero-order chi connectivity index (χ0) is 11.5. The molecule has 2 fully saturated rings. The van der Waals surface area contributed by atoms with E-state index in [4.69, 9.17) is 0 Å². The third-order valence-corrected chi connectivity index (χ3v) is 3.96. The first kappa shape index (κ1) is 11.6. The van der Waals surface area contributed by atoms with E-state index in [2.05, 4.69) is 9.64 Å². The molecule has 1 aliphatic carbocycles. The van der Waals surface area contributed by atoms with Crippen molar-refractivity contribution >= 4 is 5.97 Å². The highest BCUT2D eigenvalue weighted by atomic mass is 16.5. The van der Waals surface area contributed by atoms with Gasteiger partial charge in [-0.25, -0.2) is 4.79 Å². The van der Waals surface area contributed by atoms with Crippen LogP contribution in [0.1, 0.15) is 26.2 Å². The molecule has 0 aromatic carbocycles. The molecule has 1 saturated heterocycles. The Hall–Kier alpha value is -0.830. The van der Waals surface area contributed by atoms with Crippen LogP contribution in [0.3, 0.4) is 0 Å². The van der Waals surface area contributed by atoms with Gasteiger partial charge in [0.2, 0.25) is 0 Å². The SMILES string of the molecule is COC(=O)C(C)=CCN1CC2CCCC2C1. The largest absolute Gasteiger partial charge is 0.466 e. The van der Waals surface area contributed by atoms with E-state index < -0.39 is 0 Å². The molecular weight excluding hydrogens is 202 g/mol. The van der Waals surface area contributed by atoms with E-state index in [-0.39, 0.29) is 5.97 Å². The van der Waals surface area contributed by atoms with Gasteiger partial charge in [0.25, 0.3) is 0 Å². The van der Waals surface area contributed by atoms with Crippen LogP contribution in [0.15, 0.2) is 11.6 Å². The molecule has 16 heavy (non-hydrogen) atoms. The molecule has 2 unspecified atom stereocenters. The topological polar surface area (TPSA) is 29.5 Å². The van der Waals surface area contributed by atoms with Crippen LogP contribution < -0.4 is 0 Å². The van der Waals surface area contributed by atoms with Crippen molar-refractivity contribution in [2.75, 3.05) is 26.7 Å². The molecule has 2 atom stereocenters. The maximum Gasteiger partial charge on any atom is 0.333 e. The summed E-state index contributed by atoms with van der Waals surface area (Å²) >= 11 is 0. The molecule has 3 heteroatoms. The van der Waals surface area contributed by atoms with Crippen molar-refractivity contribution in [3.8, 4) is 0 Å². The Kier molecular flexibility index (Phi) is 3.64. The van der Waals surface area contributed by atoms with E-state index in [1.807, 2.05) is 13.0 Å². The van der Waals surface area contributed by atoms with E-state index in [0.29, 0.717) is 0 Å². The quantitative estimate of drug-likeness (QED) is 0.540. The number of likely N-dealkylation sites (tertiary alicyclic amines) is 1. The van der Waals surface area contributed by atoms with Gasteiger partial charge in [0.15, 0.2) is 0 Å². The Morgan fingerprint density at radius 3 is 2.56 bits per heavy atom. The highest BCUT2D eigenvalue weighted by molar-refractivity contribution is 5.87. The molecular formula is C13H21NO2. The van der Waals surface area contributed by atoms with Gasteiger partial charge in [0.05, 0.1) is 7.11 Å². The van der Waals surface area contributed by atoms with Gasteiger partial charge in [-0.15, -0.1) is 0 Å². The first-order valence-corrected chi connectivity index (χ1v) is 6.18. The van der Waals surface area contributed by atoms with E-state index >= 15 is 0 Å². The minimum absolute atomic E-state index is 0.209. The summed E-state index contributed by atoms with van der Waals surface area (Å²) in [7, 11) is 1.43.